The zero-order chi connectivity index (χ0) is 38.6. The van der Waals surface area contributed by atoms with Crippen LogP contribution in [0, 0.1) is 46.3 Å². The van der Waals surface area contributed by atoms with E-state index in [0.717, 1.165) is 38.5 Å². The van der Waals surface area contributed by atoms with Gasteiger partial charge in [-0.25, -0.2) is 0 Å². The fourth-order valence-corrected chi connectivity index (χ4v) is 11.6. The highest BCUT2D eigenvalue weighted by Gasteiger charge is 2.62. The van der Waals surface area contributed by atoms with Gasteiger partial charge in [0.2, 0.25) is 0 Å². The van der Waals surface area contributed by atoms with Crippen molar-refractivity contribution < 1.29 is 70.0 Å². The maximum Gasteiger partial charge on any atom is 0.187 e. The van der Waals surface area contributed by atoms with Crippen molar-refractivity contribution in [1.29, 1.82) is 0 Å². The molecule has 0 aromatic rings. The molecule has 2 aliphatic heterocycles. The molecule has 14 heteroatoms. The molecule has 0 aromatic heterocycles. The van der Waals surface area contributed by atoms with Crippen molar-refractivity contribution in [3.8, 4) is 0 Å². The number of hydrogen-bond acceptors (Lipinski definition) is 14. The molecule has 21 atom stereocenters. The van der Waals surface area contributed by atoms with E-state index in [-0.39, 0.29) is 41.3 Å². The fourth-order valence-electron chi connectivity index (χ4n) is 11.6. The molecule has 0 amide bonds. The minimum Gasteiger partial charge on any atom is -0.396 e. The van der Waals surface area contributed by atoms with Gasteiger partial charge in [-0.3, -0.25) is 0 Å². The lowest BCUT2D eigenvalue weighted by Crippen LogP contribution is -2.65. The van der Waals surface area contributed by atoms with E-state index in [1.54, 1.807) is 0 Å². The van der Waals surface area contributed by atoms with Crippen LogP contribution in [0.4, 0.5) is 0 Å². The Morgan fingerprint density at radius 2 is 1.45 bits per heavy atom. The lowest BCUT2D eigenvalue weighted by Gasteiger charge is -2.58. The minimum absolute atomic E-state index is 0.000420. The Morgan fingerprint density at radius 1 is 0.792 bits per heavy atom. The molecule has 0 radical (unpaired) electrons. The lowest BCUT2D eigenvalue weighted by atomic mass is 9.47. The van der Waals surface area contributed by atoms with Gasteiger partial charge in [-0.15, -0.1) is 0 Å². The Hall–Kier alpha value is -0.820. The van der Waals surface area contributed by atoms with Crippen molar-refractivity contribution in [2.75, 3.05) is 19.8 Å². The molecule has 306 valence electrons. The molecule has 10 N–H and O–H groups in total. The van der Waals surface area contributed by atoms with E-state index in [9.17, 15) is 51.1 Å². The van der Waals surface area contributed by atoms with Gasteiger partial charge in [0, 0.05) is 6.61 Å². The van der Waals surface area contributed by atoms with Crippen molar-refractivity contribution in [1.82, 2.24) is 0 Å². The molecule has 0 spiro atoms. The highest BCUT2D eigenvalue weighted by Crippen LogP contribution is 2.67. The van der Waals surface area contributed by atoms with Gasteiger partial charge in [0.25, 0.3) is 0 Å². The predicted octanol–water partition coefficient (Wildman–Crippen LogP) is -0.0489. The van der Waals surface area contributed by atoms with Gasteiger partial charge < -0.3 is 70.0 Å². The first kappa shape index (κ1) is 41.8. The first-order chi connectivity index (χ1) is 25.1. The second kappa shape index (κ2) is 16.6. The molecule has 0 bridgehead atoms. The first-order valence-corrected chi connectivity index (χ1v) is 20.0. The summed E-state index contributed by atoms with van der Waals surface area (Å²) in [5.41, 5.74) is 1.12. The topological polar surface area (TPSA) is 239 Å². The van der Waals surface area contributed by atoms with E-state index in [1.807, 2.05) is 6.92 Å². The molecular formula is C39H66O14. The predicted molar refractivity (Wildman–Crippen MR) is 189 cm³/mol. The van der Waals surface area contributed by atoms with E-state index in [0.29, 0.717) is 37.0 Å². The third-order valence-corrected chi connectivity index (χ3v) is 14.9. The van der Waals surface area contributed by atoms with E-state index >= 15 is 0 Å². The number of fused-ring (bicyclic) bond motifs is 5. The maximum atomic E-state index is 11.6. The number of ether oxygens (including phenoxy) is 4. The van der Waals surface area contributed by atoms with Gasteiger partial charge in [-0.1, -0.05) is 39.3 Å². The van der Waals surface area contributed by atoms with E-state index < -0.39 is 86.8 Å². The molecule has 53 heavy (non-hydrogen) atoms. The van der Waals surface area contributed by atoms with E-state index in [4.69, 9.17) is 18.9 Å². The summed E-state index contributed by atoms with van der Waals surface area (Å²) >= 11 is 0. The van der Waals surface area contributed by atoms with Gasteiger partial charge >= 0.3 is 0 Å². The minimum atomic E-state index is -1.74. The summed E-state index contributed by atoms with van der Waals surface area (Å²) in [5, 5.41) is 105. The Labute approximate surface area is 312 Å². The SMILES string of the molecule is C[C@@H](CO)CC[C@@H](O)[C@@H](C)[C@H]1[C@@H](O)C[C@H]2[C@@H]3CC=C4C[C@@H](O[C@@H]5O[C@H](CO)[C@@H](O)[C@H](O)[C@H]5O[C@@H]5O[C@H](CO)[C@@H](O)[C@H](O)[C@H]5O)CC[C@]4(C)[C@H]3CC[C@]12C. The first-order valence-electron chi connectivity index (χ1n) is 20.0. The van der Waals surface area contributed by atoms with Crippen LogP contribution in [0.1, 0.15) is 85.5 Å². The molecule has 14 nitrogen and oxygen atoms in total. The van der Waals surface area contributed by atoms with Crippen molar-refractivity contribution in [3.63, 3.8) is 0 Å². The van der Waals surface area contributed by atoms with Crippen LogP contribution < -0.4 is 0 Å². The van der Waals surface area contributed by atoms with Crippen molar-refractivity contribution in [2.24, 2.45) is 46.3 Å². The van der Waals surface area contributed by atoms with Gasteiger partial charge in [0.15, 0.2) is 12.6 Å². The van der Waals surface area contributed by atoms with Crippen LogP contribution in [-0.2, 0) is 18.9 Å². The smallest absolute Gasteiger partial charge is 0.187 e. The fraction of sp³-hybridized carbons (Fsp3) is 0.949. The quantitative estimate of drug-likeness (QED) is 0.118. The van der Waals surface area contributed by atoms with Crippen molar-refractivity contribution in [2.45, 2.75) is 165 Å². The Bertz CT molecular complexity index is 1250. The van der Waals surface area contributed by atoms with Gasteiger partial charge in [0.1, 0.15) is 48.8 Å². The largest absolute Gasteiger partial charge is 0.396 e. The number of allylic oxidation sites excluding steroid dienone is 1. The lowest BCUT2D eigenvalue weighted by molar-refractivity contribution is -0.372. The van der Waals surface area contributed by atoms with Crippen LogP contribution >= 0.6 is 0 Å². The van der Waals surface area contributed by atoms with Crippen molar-refractivity contribution >= 4 is 0 Å². The molecule has 5 fully saturated rings. The van der Waals surface area contributed by atoms with Crippen molar-refractivity contribution in [3.05, 3.63) is 11.6 Å². The van der Waals surface area contributed by atoms with Crippen LogP contribution in [0.25, 0.3) is 0 Å². The van der Waals surface area contributed by atoms with Crippen LogP contribution in [0.15, 0.2) is 11.6 Å². The number of hydrogen-bond donors (Lipinski definition) is 10. The standard InChI is InChI=1S/C39H66O14/c1-18(15-40)5-8-25(43)19(2)29-26(44)14-24-22-7-6-20-13-21(9-11-38(20,3)23(22)10-12-39(24,29)4)50-37-35(33(48)31(46)28(17-42)52-37)53-36-34(49)32(47)30(45)27(16-41)51-36/h6,18-19,21-37,40-49H,5,7-17H2,1-4H3/t18-,19-,21+,22-,23+,24+,25-,26+,27-,28-,29+,30-,31-,32+,33+,34-,35-,36+,37-,38+,39+/m1/s1. The number of aliphatic hydroxyl groups is 10. The summed E-state index contributed by atoms with van der Waals surface area (Å²) < 4.78 is 23.8. The second-order valence-corrected chi connectivity index (χ2v) is 17.9. The monoisotopic (exact) mass is 758 g/mol. The molecule has 6 rings (SSSR count). The van der Waals surface area contributed by atoms with Crippen LogP contribution in [0.5, 0.6) is 0 Å². The maximum absolute atomic E-state index is 11.6. The Balaban J connectivity index is 1.15. The Kier molecular flexibility index (Phi) is 13.1. The van der Waals surface area contributed by atoms with E-state index in [1.165, 1.54) is 5.57 Å². The van der Waals surface area contributed by atoms with Crippen LogP contribution in [-0.4, -0.2) is 151 Å². The molecule has 0 unspecified atom stereocenters. The van der Waals surface area contributed by atoms with Crippen LogP contribution in [0.2, 0.25) is 0 Å². The molecule has 2 saturated heterocycles. The van der Waals surface area contributed by atoms with E-state index in [2.05, 4.69) is 26.8 Å². The summed E-state index contributed by atoms with van der Waals surface area (Å²) in [4.78, 5) is 0. The third kappa shape index (κ3) is 7.65. The molecule has 4 aliphatic carbocycles. The molecule has 0 aromatic carbocycles. The average molecular weight is 759 g/mol. The molecule has 3 saturated carbocycles. The van der Waals surface area contributed by atoms with Gasteiger partial charge in [-0.05, 0) is 104 Å². The number of rotatable bonds is 12. The number of aliphatic hydroxyl groups excluding tert-OH is 10. The zero-order valence-electron chi connectivity index (χ0n) is 31.6. The molecule has 2 heterocycles. The van der Waals surface area contributed by atoms with Gasteiger partial charge in [-0.2, -0.15) is 0 Å². The average Bonchev–Trinajstić information content (AvgIpc) is 3.42. The molecular weight excluding hydrogens is 692 g/mol. The molecule has 6 aliphatic rings. The second-order valence-electron chi connectivity index (χ2n) is 17.9. The van der Waals surface area contributed by atoms with Gasteiger partial charge in [0.05, 0.1) is 31.5 Å². The highest BCUT2D eigenvalue weighted by molar-refractivity contribution is 5.26. The normalized spacial score (nSPS) is 50.3. The third-order valence-electron chi connectivity index (χ3n) is 14.9. The summed E-state index contributed by atoms with van der Waals surface area (Å²) in [7, 11) is 0. The summed E-state index contributed by atoms with van der Waals surface area (Å²) in [6, 6.07) is 0. The zero-order valence-corrected chi connectivity index (χ0v) is 31.6. The summed E-state index contributed by atoms with van der Waals surface area (Å²) in [6.07, 6.45) is -6.95. The highest BCUT2D eigenvalue weighted by atomic mass is 16.8. The summed E-state index contributed by atoms with van der Waals surface area (Å²) in [5.74, 6) is 1.23. The van der Waals surface area contributed by atoms with Crippen LogP contribution in [0.3, 0.4) is 0 Å². The Morgan fingerprint density at radius 3 is 2.11 bits per heavy atom. The summed E-state index contributed by atoms with van der Waals surface area (Å²) in [6.45, 7) is 7.57.